The molecule has 0 amide bonds. The zero-order valence-electron chi connectivity index (χ0n) is 14.7. The Balaban J connectivity index is 1.74. The standard InChI is InChI=1S/C18H20F2N4O3/c1-2-21-18(24-10-13-5-3-4-6-22-13)23-9-12-7-15-16(26-11-25-15)8-14(12)27-17(19)20/h3-8,17H,2,9-11H2,1H3,(H2,21,23,24). The summed E-state index contributed by atoms with van der Waals surface area (Å²) in [4.78, 5) is 8.67. The maximum Gasteiger partial charge on any atom is 0.387 e. The summed E-state index contributed by atoms with van der Waals surface area (Å²) in [7, 11) is 0. The number of nitrogens with zero attached hydrogens (tertiary/aromatic N) is 2. The van der Waals surface area contributed by atoms with Crippen molar-refractivity contribution in [1.29, 1.82) is 0 Å². The van der Waals surface area contributed by atoms with Crippen LogP contribution >= 0.6 is 0 Å². The molecule has 7 nitrogen and oxygen atoms in total. The first-order chi connectivity index (χ1) is 13.2. The van der Waals surface area contributed by atoms with Crippen LogP contribution < -0.4 is 24.8 Å². The molecule has 1 aliphatic rings. The Morgan fingerprint density at radius 3 is 2.78 bits per heavy atom. The van der Waals surface area contributed by atoms with Gasteiger partial charge in [-0.25, -0.2) is 4.99 Å². The topological polar surface area (TPSA) is 77.0 Å². The molecule has 0 spiro atoms. The summed E-state index contributed by atoms with van der Waals surface area (Å²) in [5.41, 5.74) is 1.32. The second-order valence-corrected chi connectivity index (χ2v) is 5.56. The minimum Gasteiger partial charge on any atom is -0.454 e. The zero-order valence-corrected chi connectivity index (χ0v) is 14.7. The first kappa shape index (κ1) is 18.7. The van der Waals surface area contributed by atoms with Crippen LogP contribution in [0, 0.1) is 0 Å². The Morgan fingerprint density at radius 1 is 1.26 bits per heavy atom. The Bertz CT molecular complexity index is 788. The van der Waals surface area contributed by atoms with Crippen LogP contribution in [-0.4, -0.2) is 30.9 Å². The van der Waals surface area contributed by atoms with Gasteiger partial charge in [-0.3, -0.25) is 4.98 Å². The maximum absolute atomic E-state index is 12.7. The SMILES string of the molecule is CCNC(=NCc1cc2c(cc1OC(F)F)OCO2)NCc1ccccn1. The van der Waals surface area contributed by atoms with Gasteiger partial charge in [-0.05, 0) is 25.1 Å². The van der Waals surface area contributed by atoms with E-state index in [9.17, 15) is 8.78 Å². The highest BCUT2D eigenvalue weighted by Crippen LogP contribution is 2.38. The molecule has 0 bridgehead atoms. The summed E-state index contributed by atoms with van der Waals surface area (Å²) in [5.74, 6) is 1.40. The van der Waals surface area contributed by atoms with Crippen molar-refractivity contribution < 1.29 is 23.0 Å². The van der Waals surface area contributed by atoms with E-state index in [1.165, 1.54) is 6.07 Å². The molecular weight excluding hydrogens is 358 g/mol. The maximum atomic E-state index is 12.7. The van der Waals surface area contributed by atoms with Gasteiger partial charge in [-0.1, -0.05) is 6.07 Å². The number of fused-ring (bicyclic) bond motifs is 1. The van der Waals surface area contributed by atoms with Crippen molar-refractivity contribution in [2.45, 2.75) is 26.6 Å². The third kappa shape index (κ3) is 5.19. The number of hydrogen-bond donors (Lipinski definition) is 2. The number of ether oxygens (including phenoxy) is 3. The highest BCUT2D eigenvalue weighted by atomic mass is 19.3. The van der Waals surface area contributed by atoms with E-state index in [0.717, 1.165) is 5.69 Å². The first-order valence-electron chi connectivity index (χ1n) is 8.45. The van der Waals surface area contributed by atoms with Crippen molar-refractivity contribution in [3.8, 4) is 17.2 Å². The lowest BCUT2D eigenvalue weighted by Crippen LogP contribution is -2.37. The van der Waals surface area contributed by atoms with Crippen LogP contribution in [0.5, 0.6) is 17.2 Å². The number of halogens is 2. The third-order valence-corrected chi connectivity index (χ3v) is 3.69. The monoisotopic (exact) mass is 378 g/mol. The largest absolute Gasteiger partial charge is 0.454 e. The molecule has 0 unspecified atom stereocenters. The molecule has 144 valence electrons. The number of nitrogens with one attached hydrogen (secondary N) is 2. The molecule has 2 N–H and O–H groups in total. The van der Waals surface area contributed by atoms with Crippen LogP contribution in [0.3, 0.4) is 0 Å². The molecule has 0 atom stereocenters. The third-order valence-electron chi connectivity index (χ3n) is 3.69. The molecule has 27 heavy (non-hydrogen) atoms. The molecule has 1 aliphatic heterocycles. The number of guanidine groups is 1. The van der Waals surface area contributed by atoms with Gasteiger partial charge in [-0.2, -0.15) is 8.78 Å². The summed E-state index contributed by atoms with van der Waals surface area (Å²) in [6.07, 6.45) is 1.71. The Kier molecular flexibility index (Phi) is 6.24. The summed E-state index contributed by atoms with van der Waals surface area (Å²) >= 11 is 0. The van der Waals surface area contributed by atoms with Gasteiger partial charge in [0.1, 0.15) is 5.75 Å². The lowest BCUT2D eigenvalue weighted by molar-refractivity contribution is -0.0505. The normalized spacial score (nSPS) is 13.0. The number of benzene rings is 1. The van der Waals surface area contributed by atoms with E-state index in [0.29, 0.717) is 36.1 Å². The molecule has 1 aromatic heterocycles. The summed E-state index contributed by atoms with van der Waals surface area (Å²) < 4.78 is 40.6. The molecule has 0 fully saturated rings. The fraction of sp³-hybridized carbons (Fsp3) is 0.333. The molecule has 3 rings (SSSR count). The molecule has 0 saturated carbocycles. The number of aliphatic imine (C=N–C) groups is 1. The first-order valence-corrected chi connectivity index (χ1v) is 8.45. The smallest absolute Gasteiger partial charge is 0.387 e. The lowest BCUT2D eigenvalue weighted by atomic mass is 10.1. The van der Waals surface area contributed by atoms with Crippen molar-refractivity contribution in [3.05, 3.63) is 47.8 Å². The lowest BCUT2D eigenvalue weighted by Gasteiger charge is -2.13. The van der Waals surface area contributed by atoms with Gasteiger partial charge in [0, 0.05) is 24.4 Å². The molecular formula is C18H20F2N4O3. The van der Waals surface area contributed by atoms with E-state index in [2.05, 4.69) is 25.3 Å². The molecule has 1 aromatic carbocycles. The number of rotatable bonds is 7. The van der Waals surface area contributed by atoms with E-state index in [1.54, 1.807) is 12.3 Å². The van der Waals surface area contributed by atoms with Crippen LogP contribution in [0.25, 0.3) is 0 Å². The van der Waals surface area contributed by atoms with Crippen molar-refractivity contribution in [1.82, 2.24) is 15.6 Å². The molecule has 2 heterocycles. The number of hydrogen-bond acceptors (Lipinski definition) is 5. The van der Waals surface area contributed by atoms with Crippen molar-refractivity contribution >= 4 is 5.96 Å². The Labute approximate surface area is 155 Å². The van der Waals surface area contributed by atoms with Gasteiger partial charge >= 0.3 is 6.61 Å². The van der Waals surface area contributed by atoms with Gasteiger partial charge in [0.25, 0.3) is 0 Å². The average molecular weight is 378 g/mol. The van der Waals surface area contributed by atoms with Crippen LogP contribution in [-0.2, 0) is 13.1 Å². The predicted octanol–water partition coefficient (Wildman–Crippen LogP) is 2.67. The summed E-state index contributed by atoms with van der Waals surface area (Å²) in [6.45, 7) is 0.289. The fourth-order valence-corrected chi connectivity index (χ4v) is 2.48. The molecule has 0 radical (unpaired) electrons. The highest BCUT2D eigenvalue weighted by molar-refractivity contribution is 5.79. The summed E-state index contributed by atoms with van der Waals surface area (Å²) in [6, 6.07) is 8.63. The Hall–Kier alpha value is -3.10. The Morgan fingerprint density at radius 2 is 2.07 bits per heavy atom. The van der Waals surface area contributed by atoms with E-state index in [1.807, 2.05) is 25.1 Å². The van der Waals surface area contributed by atoms with Crippen molar-refractivity contribution in [3.63, 3.8) is 0 Å². The summed E-state index contributed by atoms with van der Waals surface area (Å²) in [5, 5.41) is 6.25. The number of aromatic nitrogens is 1. The fourth-order valence-electron chi connectivity index (χ4n) is 2.48. The van der Waals surface area contributed by atoms with Crippen molar-refractivity contribution in [2.24, 2.45) is 4.99 Å². The average Bonchev–Trinajstić information content (AvgIpc) is 3.11. The van der Waals surface area contributed by atoms with Gasteiger partial charge in [0.05, 0.1) is 18.8 Å². The van der Waals surface area contributed by atoms with Gasteiger partial charge in [0.15, 0.2) is 17.5 Å². The zero-order chi connectivity index (χ0) is 19.1. The quantitative estimate of drug-likeness (QED) is 0.570. The van der Waals surface area contributed by atoms with Crippen molar-refractivity contribution in [2.75, 3.05) is 13.3 Å². The highest BCUT2D eigenvalue weighted by Gasteiger charge is 2.20. The molecule has 9 heteroatoms. The van der Waals surface area contributed by atoms with Crippen LogP contribution in [0.1, 0.15) is 18.2 Å². The minimum atomic E-state index is -2.94. The van der Waals surface area contributed by atoms with E-state index in [-0.39, 0.29) is 19.1 Å². The van der Waals surface area contributed by atoms with Crippen LogP contribution in [0.2, 0.25) is 0 Å². The predicted molar refractivity (Wildman–Crippen MR) is 95.1 cm³/mol. The van der Waals surface area contributed by atoms with Crippen LogP contribution in [0.15, 0.2) is 41.5 Å². The van der Waals surface area contributed by atoms with E-state index >= 15 is 0 Å². The molecule has 0 saturated heterocycles. The minimum absolute atomic E-state index is 0.0126. The number of alkyl halides is 2. The van der Waals surface area contributed by atoms with Gasteiger partial charge in [-0.15, -0.1) is 0 Å². The molecule has 0 aliphatic carbocycles. The van der Waals surface area contributed by atoms with E-state index in [4.69, 9.17) is 9.47 Å². The van der Waals surface area contributed by atoms with E-state index < -0.39 is 6.61 Å². The second-order valence-electron chi connectivity index (χ2n) is 5.56. The van der Waals surface area contributed by atoms with Gasteiger partial charge in [0.2, 0.25) is 6.79 Å². The second kappa shape index (κ2) is 9.02. The van der Waals surface area contributed by atoms with Crippen LogP contribution in [0.4, 0.5) is 8.78 Å². The molecule has 2 aromatic rings. The van der Waals surface area contributed by atoms with Gasteiger partial charge < -0.3 is 24.8 Å². The number of pyridine rings is 1.